The number of hydrogen-bond acceptors (Lipinski definition) is 3. The zero-order valence-electron chi connectivity index (χ0n) is 7.87. The Hall–Kier alpha value is 0.270. The van der Waals surface area contributed by atoms with Gasteiger partial charge in [0, 0.05) is 11.0 Å². The molecule has 0 bridgehead atoms. The molecule has 2 rings (SSSR count). The third-order valence-corrected chi connectivity index (χ3v) is 4.02. The van der Waals surface area contributed by atoms with Gasteiger partial charge in [-0.25, -0.2) is 0 Å². The van der Waals surface area contributed by atoms with Gasteiger partial charge < -0.3 is 9.47 Å². The molecule has 2 heterocycles. The van der Waals surface area contributed by atoms with E-state index < -0.39 is 0 Å². The number of hydrogen-bond donors (Lipinski definition) is 0. The minimum Gasteiger partial charge on any atom is -0.344 e. The van der Waals surface area contributed by atoms with E-state index in [9.17, 15) is 0 Å². The van der Waals surface area contributed by atoms with Crippen LogP contribution >= 0.6 is 11.8 Å². The zero-order chi connectivity index (χ0) is 8.77. The SMILES string of the molecule is CC[C@@H]1SC[C@H]2OC(C)(C)O[C@@H]12. The van der Waals surface area contributed by atoms with Gasteiger partial charge in [0.05, 0.1) is 12.2 Å². The molecule has 0 saturated carbocycles. The van der Waals surface area contributed by atoms with Crippen molar-refractivity contribution in [2.45, 2.75) is 50.4 Å². The summed E-state index contributed by atoms with van der Waals surface area (Å²) in [5, 5.41) is 0.650. The van der Waals surface area contributed by atoms with Crippen LogP contribution in [0, 0.1) is 0 Å². The van der Waals surface area contributed by atoms with E-state index in [4.69, 9.17) is 9.47 Å². The summed E-state index contributed by atoms with van der Waals surface area (Å²) < 4.78 is 11.6. The van der Waals surface area contributed by atoms with Crippen LogP contribution in [0.5, 0.6) is 0 Å². The lowest BCUT2D eigenvalue weighted by Gasteiger charge is -2.20. The third-order valence-electron chi connectivity index (χ3n) is 2.46. The molecule has 0 amide bonds. The van der Waals surface area contributed by atoms with Crippen molar-refractivity contribution in [3.05, 3.63) is 0 Å². The number of ether oxygens (including phenoxy) is 2. The van der Waals surface area contributed by atoms with Crippen molar-refractivity contribution in [1.29, 1.82) is 0 Å². The van der Waals surface area contributed by atoms with E-state index in [2.05, 4.69) is 6.92 Å². The predicted molar refractivity (Wildman–Crippen MR) is 50.4 cm³/mol. The normalized spacial score (nSPS) is 44.8. The highest BCUT2D eigenvalue weighted by atomic mass is 32.2. The molecule has 2 nitrogen and oxygen atoms in total. The van der Waals surface area contributed by atoms with Crippen LogP contribution in [0.2, 0.25) is 0 Å². The quantitative estimate of drug-likeness (QED) is 0.627. The summed E-state index contributed by atoms with van der Waals surface area (Å²) in [6.07, 6.45) is 1.87. The van der Waals surface area contributed by atoms with Gasteiger partial charge in [-0.3, -0.25) is 0 Å². The molecule has 0 N–H and O–H groups in total. The highest BCUT2D eigenvalue weighted by Crippen LogP contribution is 2.42. The van der Waals surface area contributed by atoms with Crippen LogP contribution in [0.25, 0.3) is 0 Å². The summed E-state index contributed by atoms with van der Waals surface area (Å²) in [5.74, 6) is 0.760. The van der Waals surface area contributed by atoms with Gasteiger partial charge >= 0.3 is 0 Å². The first-order valence-electron chi connectivity index (χ1n) is 4.59. The summed E-state index contributed by atoms with van der Waals surface area (Å²) >= 11 is 1.99. The lowest BCUT2D eigenvalue weighted by Crippen LogP contribution is -2.27. The van der Waals surface area contributed by atoms with Crippen molar-refractivity contribution in [2.24, 2.45) is 0 Å². The molecule has 12 heavy (non-hydrogen) atoms. The molecule has 2 aliphatic rings. The van der Waals surface area contributed by atoms with Crippen LogP contribution in [0.4, 0.5) is 0 Å². The van der Waals surface area contributed by atoms with E-state index in [-0.39, 0.29) is 5.79 Å². The number of thioether (sulfide) groups is 1. The Morgan fingerprint density at radius 2 is 2.17 bits per heavy atom. The number of rotatable bonds is 1. The molecule has 0 radical (unpaired) electrons. The summed E-state index contributed by atoms with van der Waals surface area (Å²) in [4.78, 5) is 0. The maximum absolute atomic E-state index is 5.83. The summed E-state index contributed by atoms with van der Waals surface area (Å²) in [7, 11) is 0. The van der Waals surface area contributed by atoms with Crippen molar-refractivity contribution in [2.75, 3.05) is 5.75 Å². The van der Waals surface area contributed by atoms with Crippen molar-refractivity contribution in [3.63, 3.8) is 0 Å². The maximum Gasteiger partial charge on any atom is 0.163 e. The highest BCUT2D eigenvalue weighted by Gasteiger charge is 2.48. The van der Waals surface area contributed by atoms with Crippen molar-refractivity contribution in [3.8, 4) is 0 Å². The van der Waals surface area contributed by atoms with Gasteiger partial charge in [-0.05, 0) is 20.3 Å². The average Bonchev–Trinajstić information content (AvgIpc) is 2.42. The largest absolute Gasteiger partial charge is 0.344 e. The van der Waals surface area contributed by atoms with E-state index in [1.54, 1.807) is 0 Å². The molecule has 2 saturated heterocycles. The average molecular weight is 188 g/mol. The monoisotopic (exact) mass is 188 g/mol. The predicted octanol–water partition coefficient (Wildman–Crippen LogP) is 2.03. The van der Waals surface area contributed by atoms with Crippen molar-refractivity contribution < 1.29 is 9.47 Å². The first-order chi connectivity index (χ1) is 5.62. The van der Waals surface area contributed by atoms with Crippen LogP contribution < -0.4 is 0 Å². The molecule has 0 aromatic heterocycles. The number of fused-ring (bicyclic) bond motifs is 1. The van der Waals surface area contributed by atoms with Gasteiger partial charge in [0.2, 0.25) is 0 Å². The fourth-order valence-electron chi connectivity index (χ4n) is 1.97. The Balaban J connectivity index is 2.06. The molecule has 3 heteroatoms. The third kappa shape index (κ3) is 1.38. The summed E-state index contributed by atoms with van der Waals surface area (Å²) in [5.41, 5.74) is 0. The minimum atomic E-state index is -0.344. The fraction of sp³-hybridized carbons (Fsp3) is 1.00. The Bertz CT molecular complexity index is 181. The Morgan fingerprint density at radius 1 is 1.42 bits per heavy atom. The maximum atomic E-state index is 5.83. The topological polar surface area (TPSA) is 18.5 Å². The van der Waals surface area contributed by atoms with Gasteiger partial charge in [0.1, 0.15) is 0 Å². The Labute approximate surface area is 78.0 Å². The molecule has 2 fully saturated rings. The fourth-order valence-corrected chi connectivity index (χ4v) is 3.32. The summed E-state index contributed by atoms with van der Waals surface area (Å²) in [6, 6.07) is 0. The lowest BCUT2D eigenvalue weighted by molar-refractivity contribution is -0.145. The van der Waals surface area contributed by atoms with Crippen molar-refractivity contribution >= 4 is 11.8 Å². The van der Waals surface area contributed by atoms with Crippen molar-refractivity contribution in [1.82, 2.24) is 0 Å². The second-order valence-electron chi connectivity index (χ2n) is 3.92. The molecular weight excluding hydrogens is 172 g/mol. The van der Waals surface area contributed by atoms with Crippen LogP contribution in [0.3, 0.4) is 0 Å². The van der Waals surface area contributed by atoms with E-state index in [1.807, 2.05) is 25.6 Å². The standard InChI is InChI=1S/C9H16O2S/c1-4-7-8-6(5-12-7)10-9(2,3)11-8/h6-8H,4-5H2,1-3H3/t6-,7+,8-/m1/s1. The van der Waals surface area contributed by atoms with E-state index in [0.29, 0.717) is 17.5 Å². The van der Waals surface area contributed by atoms with E-state index in [0.717, 1.165) is 5.75 Å². The molecular formula is C9H16O2S. The molecule has 0 unspecified atom stereocenters. The van der Waals surface area contributed by atoms with Crippen LogP contribution in [0.1, 0.15) is 27.2 Å². The molecule has 0 aromatic carbocycles. The van der Waals surface area contributed by atoms with Gasteiger partial charge in [-0.1, -0.05) is 6.92 Å². The highest BCUT2D eigenvalue weighted by molar-refractivity contribution is 8.00. The van der Waals surface area contributed by atoms with Crippen LogP contribution in [-0.4, -0.2) is 29.0 Å². The molecule has 0 aromatic rings. The second kappa shape index (κ2) is 2.89. The Morgan fingerprint density at radius 3 is 2.83 bits per heavy atom. The second-order valence-corrected chi connectivity index (χ2v) is 5.19. The van der Waals surface area contributed by atoms with Gasteiger partial charge in [0.15, 0.2) is 5.79 Å². The molecule has 0 aliphatic carbocycles. The Kier molecular flexibility index (Phi) is 2.13. The summed E-state index contributed by atoms with van der Waals surface area (Å²) in [6.45, 7) is 6.22. The lowest BCUT2D eigenvalue weighted by atomic mass is 10.1. The minimum absolute atomic E-state index is 0.343. The van der Waals surface area contributed by atoms with Gasteiger partial charge in [-0.2, -0.15) is 11.8 Å². The van der Waals surface area contributed by atoms with Gasteiger partial charge in [0.25, 0.3) is 0 Å². The van der Waals surface area contributed by atoms with Gasteiger partial charge in [-0.15, -0.1) is 0 Å². The molecule has 2 aliphatic heterocycles. The van der Waals surface area contributed by atoms with Crippen LogP contribution in [0.15, 0.2) is 0 Å². The molecule has 70 valence electrons. The first kappa shape index (κ1) is 8.85. The first-order valence-corrected chi connectivity index (χ1v) is 5.64. The molecule has 0 spiro atoms. The van der Waals surface area contributed by atoms with Crippen LogP contribution in [-0.2, 0) is 9.47 Å². The van der Waals surface area contributed by atoms with E-state index >= 15 is 0 Å². The zero-order valence-corrected chi connectivity index (χ0v) is 8.69. The molecule has 3 atom stereocenters. The van der Waals surface area contributed by atoms with E-state index in [1.165, 1.54) is 6.42 Å². The smallest absolute Gasteiger partial charge is 0.163 e.